The zero-order valence-electron chi connectivity index (χ0n) is 13.3. The van der Waals surface area contributed by atoms with E-state index in [-0.39, 0.29) is 0 Å². The van der Waals surface area contributed by atoms with Crippen LogP contribution >= 0.6 is 11.6 Å². The molecule has 1 unspecified atom stereocenters. The molecule has 114 valence electrons. The van der Waals surface area contributed by atoms with Crippen molar-refractivity contribution in [3.63, 3.8) is 0 Å². The molecule has 1 aromatic heterocycles. The molecule has 1 aliphatic carbocycles. The molecule has 0 bridgehead atoms. The van der Waals surface area contributed by atoms with Crippen LogP contribution in [0.5, 0.6) is 0 Å². The van der Waals surface area contributed by atoms with E-state index in [9.17, 15) is 0 Å². The fourth-order valence-electron chi connectivity index (χ4n) is 3.87. The minimum absolute atomic E-state index is 0.442. The Morgan fingerprint density at radius 1 is 1.35 bits per heavy atom. The third-order valence-corrected chi connectivity index (χ3v) is 5.64. The minimum atomic E-state index is 0.442. The number of rotatable bonds is 6. The van der Waals surface area contributed by atoms with Crippen molar-refractivity contribution in [2.24, 2.45) is 12.5 Å². The highest BCUT2D eigenvalue weighted by Gasteiger charge is 2.40. The number of likely N-dealkylation sites (N-methyl/N-ethyl adjacent to an activating group) is 1. The highest BCUT2D eigenvalue weighted by atomic mass is 35.5. The topological polar surface area (TPSA) is 29.9 Å². The Bertz CT molecular complexity index is 447. The maximum absolute atomic E-state index is 6.44. The average molecular weight is 298 g/mol. The summed E-state index contributed by atoms with van der Waals surface area (Å²) in [5.74, 6) is 0. The molecule has 2 rings (SSSR count). The minimum Gasteiger partial charge on any atom is -0.313 e. The van der Waals surface area contributed by atoms with Crippen LogP contribution in [0, 0.1) is 12.3 Å². The molecule has 1 aromatic rings. The van der Waals surface area contributed by atoms with Gasteiger partial charge in [-0.05, 0) is 38.1 Å². The third kappa shape index (κ3) is 2.89. The van der Waals surface area contributed by atoms with Crippen molar-refractivity contribution in [1.82, 2.24) is 15.1 Å². The normalized spacial score (nSPS) is 19.4. The summed E-state index contributed by atoms with van der Waals surface area (Å²) in [5, 5.41) is 9.03. The first-order valence-corrected chi connectivity index (χ1v) is 8.33. The van der Waals surface area contributed by atoms with Gasteiger partial charge >= 0.3 is 0 Å². The van der Waals surface area contributed by atoms with Gasteiger partial charge in [0.05, 0.1) is 16.4 Å². The highest BCUT2D eigenvalue weighted by molar-refractivity contribution is 6.31. The molecular weight excluding hydrogens is 270 g/mol. The second kappa shape index (κ2) is 6.48. The first-order valence-electron chi connectivity index (χ1n) is 7.95. The van der Waals surface area contributed by atoms with E-state index >= 15 is 0 Å². The molecule has 1 fully saturated rings. The number of hydrogen-bond donors (Lipinski definition) is 1. The van der Waals surface area contributed by atoms with Crippen LogP contribution in [-0.4, -0.2) is 22.4 Å². The lowest BCUT2D eigenvalue weighted by atomic mass is 9.74. The lowest BCUT2D eigenvalue weighted by Crippen LogP contribution is -2.45. The van der Waals surface area contributed by atoms with Gasteiger partial charge in [0.2, 0.25) is 0 Å². The maximum atomic E-state index is 6.44. The fourth-order valence-corrected chi connectivity index (χ4v) is 4.11. The number of nitrogens with zero attached hydrogens (tertiary/aromatic N) is 2. The van der Waals surface area contributed by atoms with Gasteiger partial charge in [-0.3, -0.25) is 4.68 Å². The third-order valence-electron chi connectivity index (χ3n) is 5.15. The Hall–Kier alpha value is -0.540. The fraction of sp³-hybridized carbons (Fsp3) is 0.812. The summed E-state index contributed by atoms with van der Waals surface area (Å²) in [6.07, 6.45) is 7.66. The van der Waals surface area contributed by atoms with Gasteiger partial charge in [-0.2, -0.15) is 5.10 Å². The zero-order valence-corrected chi connectivity index (χ0v) is 14.1. The van der Waals surface area contributed by atoms with E-state index < -0.39 is 0 Å². The Morgan fingerprint density at radius 2 is 2.00 bits per heavy atom. The molecule has 0 amide bonds. The summed E-state index contributed by atoms with van der Waals surface area (Å²) in [5.41, 5.74) is 2.56. The zero-order chi connectivity index (χ0) is 14.8. The number of halogens is 1. The first-order chi connectivity index (χ1) is 9.54. The maximum Gasteiger partial charge on any atom is 0.0847 e. The molecule has 1 atom stereocenters. The summed E-state index contributed by atoms with van der Waals surface area (Å²) in [6, 6.07) is 0.507. The molecule has 0 spiro atoms. The van der Waals surface area contributed by atoms with Gasteiger partial charge in [0, 0.05) is 19.5 Å². The lowest BCUT2D eigenvalue weighted by Gasteiger charge is -2.37. The van der Waals surface area contributed by atoms with E-state index in [1.165, 1.54) is 37.8 Å². The predicted octanol–water partition coefficient (Wildman–Crippen LogP) is 3.87. The van der Waals surface area contributed by atoms with Crippen molar-refractivity contribution in [2.45, 2.75) is 65.3 Å². The van der Waals surface area contributed by atoms with Crippen molar-refractivity contribution in [2.75, 3.05) is 6.54 Å². The molecular formula is C16H28ClN3. The van der Waals surface area contributed by atoms with Crippen molar-refractivity contribution in [3.05, 3.63) is 16.4 Å². The summed E-state index contributed by atoms with van der Waals surface area (Å²) < 4.78 is 1.96. The van der Waals surface area contributed by atoms with Gasteiger partial charge in [0.15, 0.2) is 0 Å². The first kappa shape index (κ1) is 15.8. The molecule has 20 heavy (non-hydrogen) atoms. The summed E-state index contributed by atoms with van der Waals surface area (Å²) in [6.45, 7) is 7.54. The van der Waals surface area contributed by atoms with E-state index in [0.29, 0.717) is 11.5 Å². The van der Waals surface area contributed by atoms with Crippen LogP contribution in [0.3, 0.4) is 0 Å². The van der Waals surface area contributed by atoms with Crippen molar-refractivity contribution < 1.29 is 0 Å². The van der Waals surface area contributed by atoms with E-state index in [2.05, 4.69) is 24.3 Å². The Morgan fingerprint density at radius 3 is 2.45 bits per heavy atom. The van der Waals surface area contributed by atoms with Gasteiger partial charge < -0.3 is 5.32 Å². The predicted molar refractivity (Wildman–Crippen MR) is 85.3 cm³/mol. The van der Waals surface area contributed by atoms with E-state index in [0.717, 1.165) is 23.7 Å². The van der Waals surface area contributed by atoms with E-state index in [4.69, 9.17) is 11.6 Å². The Kier molecular flexibility index (Phi) is 5.14. The van der Waals surface area contributed by atoms with Crippen LogP contribution in [0.4, 0.5) is 0 Å². The van der Waals surface area contributed by atoms with E-state index in [1.54, 1.807) is 0 Å². The number of hydrogen-bond acceptors (Lipinski definition) is 2. The summed E-state index contributed by atoms with van der Waals surface area (Å²) in [7, 11) is 2.00. The average Bonchev–Trinajstić information content (AvgIpc) is 3.00. The standard InChI is InChI=1S/C16H28ClN3/c1-5-16(9-7-8-10-16)14(18-6-2)11-13-15(17)12(3)19-20(13)4/h14,18H,5-11H2,1-4H3. The molecule has 1 heterocycles. The Labute approximate surface area is 128 Å². The summed E-state index contributed by atoms with van der Waals surface area (Å²) in [4.78, 5) is 0. The summed E-state index contributed by atoms with van der Waals surface area (Å²) >= 11 is 6.44. The van der Waals surface area contributed by atoms with Gasteiger partial charge in [-0.25, -0.2) is 0 Å². The highest BCUT2D eigenvalue weighted by Crippen LogP contribution is 2.45. The van der Waals surface area contributed by atoms with Gasteiger partial charge in [-0.15, -0.1) is 0 Å². The van der Waals surface area contributed by atoms with Crippen molar-refractivity contribution >= 4 is 11.6 Å². The number of aromatic nitrogens is 2. The van der Waals surface area contributed by atoms with Crippen molar-refractivity contribution in [1.29, 1.82) is 0 Å². The number of aryl methyl sites for hydroxylation is 2. The smallest absolute Gasteiger partial charge is 0.0847 e. The number of nitrogens with one attached hydrogen (secondary N) is 1. The molecule has 0 saturated heterocycles. The molecule has 4 heteroatoms. The SMILES string of the molecule is CCNC(Cc1c(Cl)c(C)nn1C)C1(CC)CCCC1. The molecule has 0 aromatic carbocycles. The molecule has 1 saturated carbocycles. The lowest BCUT2D eigenvalue weighted by molar-refractivity contribution is 0.184. The van der Waals surface area contributed by atoms with Crippen LogP contribution in [0.25, 0.3) is 0 Å². The van der Waals surface area contributed by atoms with Crippen LogP contribution in [-0.2, 0) is 13.5 Å². The molecule has 1 N–H and O–H groups in total. The van der Waals surface area contributed by atoms with Gasteiger partial charge in [-0.1, -0.05) is 38.3 Å². The van der Waals surface area contributed by atoms with E-state index in [1.807, 2.05) is 18.7 Å². The molecule has 1 aliphatic rings. The monoisotopic (exact) mass is 297 g/mol. The van der Waals surface area contributed by atoms with Gasteiger partial charge in [0.25, 0.3) is 0 Å². The quantitative estimate of drug-likeness (QED) is 0.864. The van der Waals surface area contributed by atoms with Crippen LogP contribution in [0.15, 0.2) is 0 Å². The Balaban J connectivity index is 2.25. The second-order valence-electron chi connectivity index (χ2n) is 6.21. The molecule has 0 radical (unpaired) electrons. The van der Waals surface area contributed by atoms with Crippen LogP contribution < -0.4 is 5.32 Å². The van der Waals surface area contributed by atoms with Crippen molar-refractivity contribution in [3.8, 4) is 0 Å². The van der Waals surface area contributed by atoms with Crippen LogP contribution in [0.2, 0.25) is 5.02 Å². The van der Waals surface area contributed by atoms with Gasteiger partial charge in [0.1, 0.15) is 0 Å². The van der Waals surface area contributed by atoms with Crippen LogP contribution in [0.1, 0.15) is 57.3 Å². The largest absolute Gasteiger partial charge is 0.313 e. The molecule has 3 nitrogen and oxygen atoms in total. The molecule has 0 aliphatic heterocycles. The second-order valence-corrected chi connectivity index (χ2v) is 6.59.